The number of esters is 1. The number of allylic oxidation sites excluding steroid dienone is 1. The molecule has 1 aromatic rings. The van der Waals surface area contributed by atoms with Crippen LogP contribution in [0.5, 0.6) is 0 Å². The van der Waals surface area contributed by atoms with E-state index in [1.54, 1.807) is 6.92 Å². The minimum absolute atomic E-state index is 0.154. The van der Waals surface area contributed by atoms with Crippen LogP contribution in [0.4, 0.5) is 0 Å². The first-order valence-corrected chi connectivity index (χ1v) is 13.4. The molecule has 0 bridgehead atoms. The third-order valence-corrected chi connectivity index (χ3v) is 7.87. The number of aliphatic hydroxyl groups is 1. The highest BCUT2D eigenvalue weighted by Gasteiger charge is 2.58. The summed E-state index contributed by atoms with van der Waals surface area (Å²) < 4.78 is 10.8. The Morgan fingerprint density at radius 3 is 2.54 bits per heavy atom. The van der Waals surface area contributed by atoms with Gasteiger partial charge in [0.2, 0.25) is 11.8 Å². The maximum atomic E-state index is 14.1. The van der Waals surface area contributed by atoms with Crippen molar-refractivity contribution in [3.63, 3.8) is 0 Å². The van der Waals surface area contributed by atoms with E-state index in [0.29, 0.717) is 32.7 Å². The fourth-order valence-corrected chi connectivity index (χ4v) is 6.02. The predicted octanol–water partition coefficient (Wildman–Crippen LogP) is 1.39. The lowest BCUT2D eigenvalue weighted by Crippen LogP contribution is -2.50. The number of rotatable bonds is 10. The zero-order valence-corrected chi connectivity index (χ0v) is 21.8. The van der Waals surface area contributed by atoms with Gasteiger partial charge in [-0.15, -0.1) is 0 Å². The van der Waals surface area contributed by atoms with E-state index < -0.39 is 35.8 Å². The van der Waals surface area contributed by atoms with Crippen molar-refractivity contribution in [3.8, 4) is 0 Å². The molecular formula is C28H39N3O6. The summed E-state index contributed by atoms with van der Waals surface area (Å²) in [5, 5.41) is 13.5. The van der Waals surface area contributed by atoms with Gasteiger partial charge in [0.05, 0.1) is 44.3 Å². The zero-order valence-electron chi connectivity index (χ0n) is 21.8. The van der Waals surface area contributed by atoms with Crippen molar-refractivity contribution in [3.05, 3.63) is 48.0 Å². The average Bonchev–Trinajstić information content (AvgIpc) is 3.22. The Bertz CT molecular complexity index is 964. The standard InChI is InChI=1S/C28H39N3O6/c1-3-19-10-11-21-24(23(19)28(35)37-4-2)27(34)31(22(18-32)20-8-6-5-7-9-20)25(21)26(33)29-12-13-30-14-16-36-17-15-30/h5-11,19,21-25,32H,3-4,12-18H2,1-2H3,(H,29,33)/t19-,21+,22-,23-,24-,25+/m1/s1. The second-order valence-corrected chi connectivity index (χ2v) is 9.88. The molecular weight excluding hydrogens is 474 g/mol. The molecule has 0 unspecified atom stereocenters. The number of ether oxygens (including phenoxy) is 2. The lowest BCUT2D eigenvalue weighted by Gasteiger charge is -2.34. The molecule has 6 atom stereocenters. The number of benzene rings is 1. The number of likely N-dealkylation sites (tertiary alicyclic amines) is 1. The van der Waals surface area contributed by atoms with E-state index in [-0.39, 0.29) is 30.9 Å². The largest absolute Gasteiger partial charge is 0.466 e. The molecule has 9 heteroatoms. The van der Waals surface area contributed by atoms with Crippen molar-refractivity contribution < 1.29 is 29.0 Å². The molecule has 0 aromatic heterocycles. The molecule has 9 nitrogen and oxygen atoms in total. The Morgan fingerprint density at radius 1 is 1.16 bits per heavy atom. The number of aliphatic hydroxyl groups excluding tert-OH is 1. The highest BCUT2D eigenvalue weighted by Crippen LogP contribution is 2.47. The van der Waals surface area contributed by atoms with Gasteiger partial charge >= 0.3 is 5.97 Å². The van der Waals surface area contributed by atoms with Crippen LogP contribution in [0.3, 0.4) is 0 Å². The number of fused-ring (bicyclic) bond motifs is 1. The van der Waals surface area contributed by atoms with E-state index in [0.717, 1.165) is 18.7 Å². The number of hydrogen-bond acceptors (Lipinski definition) is 7. The lowest BCUT2D eigenvalue weighted by atomic mass is 9.69. The molecule has 2 aliphatic heterocycles. The molecule has 0 radical (unpaired) electrons. The third-order valence-electron chi connectivity index (χ3n) is 7.87. The quantitative estimate of drug-likeness (QED) is 0.360. The predicted molar refractivity (Wildman–Crippen MR) is 137 cm³/mol. The Kier molecular flexibility index (Phi) is 9.34. The SMILES string of the molecule is CCOC(=O)[C@H]1[C@@H]2C(=O)N([C@H](CO)c3ccccc3)[C@H](C(=O)NCCN3CCOCC3)[C@H]2C=C[C@H]1CC. The second-order valence-electron chi connectivity index (χ2n) is 9.88. The Labute approximate surface area is 218 Å². The number of hydrogen-bond donors (Lipinski definition) is 2. The summed E-state index contributed by atoms with van der Waals surface area (Å²) in [5.41, 5.74) is 0.742. The van der Waals surface area contributed by atoms with Crippen molar-refractivity contribution in [1.82, 2.24) is 15.1 Å². The van der Waals surface area contributed by atoms with Gasteiger partial charge in [-0.05, 0) is 24.8 Å². The maximum Gasteiger partial charge on any atom is 0.310 e. The van der Waals surface area contributed by atoms with Crippen LogP contribution in [0.15, 0.2) is 42.5 Å². The summed E-state index contributed by atoms with van der Waals surface area (Å²) in [6.07, 6.45) is 4.57. The minimum atomic E-state index is -0.842. The molecule has 0 spiro atoms. The first kappa shape index (κ1) is 27.3. The minimum Gasteiger partial charge on any atom is -0.466 e. The number of nitrogens with one attached hydrogen (secondary N) is 1. The topological polar surface area (TPSA) is 108 Å². The molecule has 2 saturated heterocycles. The number of morpholine rings is 1. The fraction of sp³-hybridized carbons (Fsp3) is 0.607. The van der Waals surface area contributed by atoms with Gasteiger partial charge in [-0.2, -0.15) is 0 Å². The Hall–Kier alpha value is -2.75. The van der Waals surface area contributed by atoms with Gasteiger partial charge in [-0.25, -0.2) is 0 Å². The monoisotopic (exact) mass is 513 g/mol. The summed E-state index contributed by atoms with van der Waals surface area (Å²) in [6.45, 7) is 7.73. The molecule has 2 amide bonds. The molecule has 3 aliphatic rings. The molecule has 1 aromatic carbocycles. The van der Waals surface area contributed by atoms with Crippen LogP contribution in [-0.2, 0) is 23.9 Å². The summed E-state index contributed by atoms with van der Waals surface area (Å²) in [4.78, 5) is 44.7. The zero-order chi connectivity index (χ0) is 26.4. The number of nitrogens with zero attached hydrogens (tertiary/aromatic N) is 2. The van der Waals surface area contributed by atoms with Crippen molar-refractivity contribution in [2.24, 2.45) is 23.7 Å². The van der Waals surface area contributed by atoms with Gasteiger partial charge in [0.15, 0.2) is 0 Å². The third kappa shape index (κ3) is 5.73. The summed E-state index contributed by atoms with van der Waals surface area (Å²) in [5.74, 6) is -3.01. The van der Waals surface area contributed by atoms with Gasteiger partial charge in [0.1, 0.15) is 6.04 Å². The molecule has 1 aliphatic carbocycles. The van der Waals surface area contributed by atoms with Crippen LogP contribution in [-0.4, -0.2) is 91.3 Å². The molecule has 0 saturated carbocycles. The molecule has 202 valence electrons. The Morgan fingerprint density at radius 2 is 1.89 bits per heavy atom. The van der Waals surface area contributed by atoms with Crippen molar-refractivity contribution >= 4 is 17.8 Å². The van der Waals surface area contributed by atoms with Gasteiger partial charge < -0.3 is 24.8 Å². The summed E-state index contributed by atoms with van der Waals surface area (Å²) in [7, 11) is 0. The van der Waals surface area contributed by atoms with E-state index in [4.69, 9.17) is 9.47 Å². The van der Waals surface area contributed by atoms with Crippen molar-refractivity contribution in [2.75, 3.05) is 52.6 Å². The highest BCUT2D eigenvalue weighted by atomic mass is 16.5. The first-order valence-electron chi connectivity index (χ1n) is 13.4. The van der Waals surface area contributed by atoms with E-state index in [1.807, 2.05) is 49.4 Å². The second kappa shape index (κ2) is 12.7. The molecule has 2 fully saturated rings. The fourth-order valence-electron chi connectivity index (χ4n) is 6.02. The van der Waals surface area contributed by atoms with Crippen LogP contribution in [0.25, 0.3) is 0 Å². The van der Waals surface area contributed by atoms with Crippen LogP contribution >= 0.6 is 0 Å². The van der Waals surface area contributed by atoms with Gasteiger partial charge in [-0.1, -0.05) is 49.4 Å². The first-order chi connectivity index (χ1) is 18.0. The lowest BCUT2D eigenvalue weighted by molar-refractivity contribution is -0.156. The van der Waals surface area contributed by atoms with Crippen LogP contribution < -0.4 is 5.32 Å². The van der Waals surface area contributed by atoms with Crippen LogP contribution in [0, 0.1) is 23.7 Å². The number of carbonyl (C=O) groups is 3. The number of amides is 2. The molecule has 37 heavy (non-hydrogen) atoms. The van der Waals surface area contributed by atoms with E-state index in [2.05, 4.69) is 10.2 Å². The van der Waals surface area contributed by atoms with E-state index in [9.17, 15) is 19.5 Å². The van der Waals surface area contributed by atoms with Gasteiger partial charge in [-0.3, -0.25) is 19.3 Å². The smallest absolute Gasteiger partial charge is 0.310 e. The van der Waals surface area contributed by atoms with Crippen LogP contribution in [0.1, 0.15) is 31.9 Å². The maximum absolute atomic E-state index is 14.1. The normalized spacial score (nSPS) is 28.6. The van der Waals surface area contributed by atoms with E-state index in [1.165, 1.54) is 4.90 Å². The molecule has 2 N–H and O–H groups in total. The van der Waals surface area contributed by atoms with Crippen LogP contribution in [0.2, 0.25) is 0 Å². The molecule has 4 rings (SSSR count). The highest BCUT2D eigenvalue weighted by molar-refractivity contribution is 5.96. The molecule has 2 heterocycles. The van der Waals surface area contributed by atoms with E-state index >= 15 is 0 Å². The Balaban J connectivity index is 1.64. The summed E-state index contributed by atoms with van der Waals surface area (Å²) >= 11 is 0. The van der Waals surface area contributed by atoms with Crippen molar-refractivity contribution in [2.45, 2.75) is 32.4 Å². The van der Waals surface area contributed by atoms with Gasteiger partial charge in [0, 0.05) is 32.1 Å². The summed E-state index contributed by atoms with van der Waals surface area (Å²) in [6, 6.07) is 7.70. The van der Waals surface area contributed by atoms with Crippen molar-refractivity contribution in [1.29, 1.82) is 0 Å². The van der Waals surface area contributed by atoms with Gasteiger partial charge in [0.25, 0.3) is 0 Å². The average molecular weight is 514 g/mol. The number of carbonyl (C=O) groups excluding carboxylic acids is 3.